The molecule has 2 fully saturated rings. The first-order chi connectivity index (χ1) is 10.7. The first-order valence-corrected chi connectivity index (χ1v) is 7.83. The van der Waals surface area contributed by atoms with Crippen LogP contribution in [0.15, 0.2) is 18.2 Å². The van der Waals surface area contributed by atoms with Crippen molar-refractivity contribution >= 4 is 5.91 Å². The Labute approximate surface area is 131 Å². The minimum atomic E-state index is 0.00900. The standard InChI is InChI=1S/C17H23NO4/c1-20-15-7-13(8-16(9-15)21-2)17(19)18-6-5-14(10-18)22-11-12-3-4-12/h7-9,12,14H,3-6,10-11H2,1-2H3. The van der Waals surface area contributed by atoms with Crippen molar-refractivity contribution in [3.8, 4) is 11.5 Å². The fourth-order valence-corrected chi connectivity index (χ4v) is 2.72. The maximum Gasteiger partial charge on any atom is 0.254 e. The summed E-state index contributed by atoms with van der Waals surface area (Å²) in [6.07, 6.45) is 3.68. The van der Waals surface area contributed by atoms with Gasteiger partial charge in [0.1, 0.15) is 11.5 Å². The summed E-state index contributed by atoms with van der Waals surface area (Å²) in [6, 6.07) is 5.27. The van der Waals surface area contributed by atoms with Gasteiger partial charge in [0.05, 0.1) is 20.3 Å². The van der Waals surface area contributed by atoms with Crippen molar-refractivity contribution in [3.63, 3.8) is 0 Å². The van der Waals surface area contributed by atoms with Gasteiger partial charge in [-0.3, -0.25) is 4.79 Å². The Morgan fingerprint density at radius 2 is 1.82 bits per heavy atom. The molecule has 1 amide bonds. The molecule has 1 aromatic carbocycles. The second kappa shape index (κ2) is 6.57. The molecule has 0 radical (unpaired) electrons. The van der Waals surface area contributed by atoms with E-state index in [0.717, 1.165) is 25.5 Å². The summed E-state index contributed by atoms with van der Waals surface area (Å²) in [5.41, 5.74) is 0.596. The molecule has 1 heterocycles. The van der Waals surface area contributed by atoms with Gasteiger partial charge in [0, 0.05) is 31.3 Å². The summed E-state index contributed by atoms with van der Waals surface area (Å²) < 4.78 is 16.3. The van der Waals surface area contributed by atoms with E-state index in [1.807, 2.05) is 4.90 Å². The smallest absolute Gasteiger partial charge is 0.254 e. The molecular weight excluding hydrogens is 282 g/mol. The van der Waals surface area contributed by atoms with Crippen LogP contribution >= 0.6 is 0 Å². The van der Waals surface area contributed by atoms with Crippen molar-refractivity contribution in [1.82, 2.24) is 4.90 Å². The van der Waals surface area contributed by atoms with Gasteiger partial charge in [0.2, 0.25) is 0 Å². The lowest BCUT2D eigenvalue weighted by Crippen LogP contribution is -2.30. The summed E-state index contributed by atoms with van der Waals surface area (Å²) in [5, 5.41) is 0. The summed E-state index contributed by atoms with van der Waals surface area (Å²) in [6.45, 7) is 2.26. The Morgan fingerprint density at radius 1 is 1.14 bits per heavy atom. The third-order valence-electron chi connectivity index (χ3n) is 4.30. The monoisotopic (exact) mass is 305 g/mol. The maximum atomic E-state index is 12.6. The molecule has 1 saturated carbocycles. The topological polar surface area (TPSA) is 48.0 Å². The van der Waals surface area contributed by atoms with Crippen LogP contribution in [0.1, 0.15) is 29.6 Å². The Bertz CT molecular complexity index is 519. The highest BCUT2D eigenvalue weighted by Gasteiger charge is 2.30. The molecule has 2 aliphatic rings. The molecule has 0 N–H and O–H groups in total. The summed E-state index contributed by atoms with van der Waals surface area (Å²) in [7, 11) is 3.17. The molecule has 1 atom stereocenters. The highest BCUT2D eigenvalue weighted by Crippen LogP contribution is 2.30. The molecule has 1 saturated heterocycles. The number of carbonyl (C=O) groups is 1. The highest BCUT2D eigenvalue weighted by molar-refractivity contribution is 5.95. The Morgan fingerprint density at radius 3 is 2.41 bits per heavy atom. The Balaban J connectivity index is 1.63. The van der Waals surface area contributed by atoms with Gasteiger partial charge in [-0.15, -0.1) is 0 Å². The molecule has 0 bridgehead atoms. The first kappa shape index (κ1) is 15.2. The molecule has 0 aromatic heterocycles. The van der Waals surface area contributed by atoms with Crippen LogP contribution in [0.2, 0.25) is 0 Å². The lowest BCUT2D eigenvalue weighted by Gasteiger charge is -2.18. The largest absolute Gasteiger partial charge is 0.497 e. The molecule has 3 rings (SSSR count). The Kier molecular flexibility index (Phi) is 4.52. The average molecular weight is 305 g/mol. The number of hydrogen-bond donors (Lipinski definition) is 0. The summed E-state index contributed by atoms with van der Waals surface area (Å²) >= 11 is 0. The van der Waals surface area contributed by atoms with Crippen molar-refractivity contribution in [1.29, 1.82) is 0 Å². The van der Waals surface area contributed by atoms with Crippen molar-refractivity contribution in [3.05, 3.63) is 23.8 Å². The molecule has 0 spiro atoms. The van der Waals surface area contributed by atoms with Crippen LogP contribution in [0.3, 0.4) is 0 Å². The lowest BCUT2D eigenvalue weighted by atomic mass is 10.1. The van der Waals surface area contributed by atoms with Crippen LogP contribution in [0.4, 0.5) is 0 Å². The quantitative estimate of drug-likeness (QED) is 0.809. The summed E-state index contributed by atoms with van der Waals surface area (Å²) in [4.78, 5) is 14.5. The minimum Gasteiger partial charge on any atom is -0.497 e. The van der Waals surface area contributed by atoms with Crippen LogP contribution in [-0.2, 0) is 4.74 Å². The lowest BCUT2D eigenvalue weighted by molar-refractivity contribution is 0.0480. The van der Waals surface area contributed by atoms with Crippen LogP contribution in [0.25, 0.3) is 0 Å². The van der Waals surface area contributed by atoms with E-state index in [4.69, 9.17) is 14.2 Å². The van der Waals surface area contributed by atoms with Crippen molar-refractivity contribution in [2.24, 2.45) is 5.92 Å². The van der Waals surface area contributed by atoms with Gasteiger partial charge in [-0.1, -0.05) is 0 Å². The van der Waals surface area contributed by atoms with Crippen LogP contribution in [0.5, 0.6) is 11.5 Å². The molecule has 120 valence electrons. The van der Waals surface area contributed by atoms with Crippen LogP contribution < -0.4 is 9.47 Å². The number of nitrogens with zero attached hydrogens (tertiary/aromatic N) is 1. The molecule has 1 unspecified atom stereocenters. The molecular formula is C17H23NO4. The Hall–Kier alpha value is -1.75. The van der Waals surface area contributed by atoms with E-state index in [-0.39, 0.29) is 12.0 Å². The van der Waals surface area contributed by atoms with Gasteiger partial charge in [-0.25, -0.2) is 0 Å². The fourth-order valence-electron chi connectivity index (χ4n) is 2.72. The predicted molar refractivity (Wildman–Crippen MR) is 82.5 cm³/mol. The zero-order valence-corrected chi connectivity index (χ0v) is 13.2. The molecule has 1 aromatic rings. The van der Waals surface area contributed by atoms with Gasteiger partial charge in [-0.05, 0) is 37.3 Å². The van der Waals surface area contributed by atoms with Crippen molar-refractivity contribution in [2.75, 3.05) is 33.9 Å². The van der Waals surface area contributed by atoms with E-state index in [0.29, 0.717) is 23.6 Å². The third kappa shape index (κ3) is 3.53. The minimum absolute atomic E-state index is 0.00900. The van der Waals surface area contributed by atoms with Crippen molar-refractivity contribution < 1.29 is 19.0 Å². The molecule has 22 heavy (non-hydrogen) atoms. The zero-order valence-electron chi connectivity index (χ0n) is 13.2. The van der Waals surface area contributed by atoms with E-state index in [9.17, 15) is 4.79 Å². The van der Waals surface area contributed by atoms with Gasteiger partial charge < -0.3 is 19.1 Å². The second-order valence-corrected chi connectivity index (χ2v) is 6.04. The van der Waals surface area contributed by atoms with E-state index in [2.05, 4.69) is 0 Å². The van der Waals surface area contributed by atoms with Gasteiger partial charge in [0.15, 0.2) is 0 Å². The first-order valence-electron chi connectivity index (χ1n) is 7.83. The molecule has 5 nitrogen and oxygen atoms in total. The second-order valence-electron chi connectivity index (χ2n) is 6.04. The number of likely N-dealkylation sites (tertiary alicyclic amines) is 1. The fraction of sp³-hybridized carbons (Fsp3) is 0.588. The van der Waals surface area contributed by atoms with E-state index < -0.39 is 0 Å². The highest BCUT2D eigenvalue weighted by atomic mass is 16.5. The van der Waals surface area contributed by atoms with Gasteiger partial charge in [-0.2, -0.15) is 0 Å². The number of ether oxygens (including phenoxy) is 3. The zero-order chi connectivity index (χ0) is 15.5. The predicted octanol–water partition coefficient (Wildman–Crippen LogP) is 2.34. The number of methoxy groups -OCH3 is 2. The van der Waals surface area contributed by atoms with E-state index in [1.165, 1.54) is 12.8 Å². The van der Waals surface area contributed by atoms with Gasteiger partial charge >= 0.3 is 0 Å². The van der Waals surface area contributed by atoms with E-state index >= 15 is 0 Å². The number of rotatable bonds is 6. The average Bonchev–Trinajstić information content (AvgIpc) is 3.27. The number of amides is 1. The van der Waals surface area contributed by atoms with E-state index in [1.54, 1.807) is 32.4 Å². The maximum absolute atomic E-state index is 12.6. The summed E-state index contributed by atoms with van der Waals surface area (Å²) in [5.74, 6) is 2.02. The normalized spacial score (nSPS) is 21.0. The third-order valence-corrected chi connectivity index (χ3v) is 4.30. The number of benzene rings is 1. The number of carbonyl (C=O) groups excluding carboxylic acids is 1. The molecule has 1 aliphatic carbocycles. The van der Waals surface area contributed by atoms with Gasteiger partial charge in [0.25, 0.3) is 5.91 Å². The molecule has 5 heteroatoms. The molecule has 1 aliphatic heterocycles. The van der Waals surface area contributed by atoms with Crippen molar-refractivity contribution in [2.45, 2.75) is 25.4 Å². The number of hydrogen-bond acceptors (Lipinski definition) is 4. The SMILES string of the molecule is COc1cc(OC)cc(C(=O)N2CCC(OCC3CC3)C2)c1. The van der Waals surface area contributed by atoms with Crippen LogP contribution in [0, 0.1) is 5.92 Å². The van der Waals surface area contributed by atoms with Crippen LogP contribution in [-0.4, -0.2) is 50.8 Å².